The van der Waals surface area contributed by atoms with Gasteiger partial charge in [-0.25, -0.2) is 4.79 Å². The van der Waals surface area contributed by atoms with Crippen molar-refractivity contribution in [1.29, 1.82) is 0 Å². The van der Waals surface area contributed by atoms with Crippen molar-refractivity contribution in [2.45, 2.75) is 37.6 Å². The number of carbonyl (C=O) groups is 1. The van der Waals surface area contributed by atoms with E-state index in [1.807, 2.05) is 22.6 Å². The van der Waals surface area contributed by atoms with Gasteiger partial charge >= 0.3 is 6.09 Å². The lowest BCUT2D eigenvalue weighted by atomic mass is 9.99. The summed E-state index contributed by atoms with van der Waals surface area (Å²) in [6.07, 6.45) is 5.15. The van der Waals surface area contributed by atoms with E-state index in [0.29, 0.717) is 25.0 Å². The van der Waals surface area contributed by atoms with Crippen LogP contribution in [-0.2, 0) is 0 Å². The summed E-state index contributed by atoms with van der Waals surface area (Å²) < 4.78 is 1.97. The van der Waals surface area contributed by atoms with Gasteiger partial charge in [-0.15, -0.1) is 11.8 Å². The molecule has 1 N–H and O–H groups in total. The minimum Gasteiger partial charge on any atom is -0.465 e. The van der Waals surface area contributed by atoms with E-state index in [1.165, 1.54) is 9.80 Å². The SMILES string of the molecule is CC(C)n1cc(SCC2CCN(C(=O)O)CC2)cn1. The van der Waals surface area contributed by atoms with Crippen LogP contribution in [0.5, 0.6) is 0 Å². The van der Waals surface area contributed by atoms with E-state index in [-0.39, 0.29) is 0 Å². The summed E-state index contributed by atoms with van der Waals surface area (Å²) in [6.45, 7) is 5.57. The summed E-state index contributed by atoms with van der Waals surface area (Å²) in [5.74, 6) is 1.67. The minimum atomic E-state index is -0.788. The molecule has 1 aromatic heterocycles. The van der Waals surface area contributed by atoms with E-state index in [1.54, 1.807) is 0 Å². The molecule has 0 atom stereocenters. The predicted molar refractivity (Wildman–Crippen MR) is 75.7 cm³/mol. The quantitative estimate of drug-likeness (QED) is 0.863. The number of carboxylic acid groups (broad SMARTS) is 1. The molecule has 6 heteroatoms. The topological polar surface area (TPSA) is 58.4 Å². The number of thioether (sulfide) groups is 1. The van der Waals surface area contributed by atoms with E-state index >= 15 is 0 Å². The fourth-order valence-corrected chi connectivity index (χ4v) is 3.25. The molecule has 0 bridgehead atoms. The van der Waals surface area contributed by atoms with Gasteiger partial charge in [-0.05, 0) is 32.6 Å². The first-order valence-corrected chi connectivity index (χ1v) is 7.69. The van der Waals surface area contributed by atoms with Gasteiger partial charge < -0.3 is 10.0 Å². The Balaban J connectivity index is 1.75. The van der Waals surface area contributed by atoms with Crippen LogP contribution in [-0.4, -0.2) is 44.7 Å². The Morgan fingerprint density at radius 3 is 2.74 bits per heavy atom. The van der Waals surface area contributed by atoms with Gasteiger partial charge in [0.15, 0.2) is 0 Å². The van der Waals surface area contributed by atoms with Gasteiger partial charge in [0, 0.05) is 36.0 Å². The lowest BCUT2D eigenvalue weighted by Crippen LogP contribution is -2.37. The molecular weight excluding hydrogens is 262 g/mol. The molecule has 1 aliphatic heterocycles. The highest BCUT2D eigenvalue weighted by atomic mass is 32.2. The first kappa shape index (κ1) is 14.2. The summed E-state index contributed by atoms with van der Waals surface area (Å²) in [6, 6.07) is 0.396. The normalized spacial score (nSPS) is 17.1. The van der Waals surface area contributed by atoms with Gasteiger partial charge in [-0.2, -0.15) is 5.10 Å². The molecule has 106 valence electrons. The lowest BCUT2D eigenvalue weighted by molar-refractivity contribution is 0.127. The number of hydrogen-bond acceptors (Lipinski definition) is 3. The fraction of sp³-hybridized carbons (Fsp3) is 0.692. The highest BCUT2D eigenvalue weighted by molar-refractivity contribution is 7.99. The van der Waals surface area contributed by atoms with Crippen molar-refractivity contribution in [3.8, 4) is 0 Å². The van der Waals surface area contributed by atoms with Crippen LogP contribution in [0.4, 0.5) is 4.79 Å². The van der Waals surface area contributed by atoms with Crippen LogP contribution in [0.2, 0.25) is 0 Å². The average molecular weight is 283 g/mol. The zero-order valence-electron chi connectivity index (χ0n) is 11.5. The number of nitrogens with zero attached hydrogens (tertiary/aromatic N) is 3. The predicted octanol–water partition coefficient (Wildman–Crippen LogP) is 2.95. The van der Waals surface area contributed by atoms with Gasteiger partial charge in [0.25, 0.3) is 0 Å². The largest absolute Gasteiger partial charge is 0.465 e. The van der Waals surface area contributed by atoms with Crippen molar-refractivity contribution in [2.24, 2.45) is 5.92 Å². The summed E-state index contributed by atoms with van der Waals surface area (Å²) in [7, 11) is 0. The van der Waals surface area contributed by atoms with Gasteiger partial charge in [0.2, 0.25) is 0 Å². The molecular formula is C13H21N3O2S. The second kappa shape index (κ2) is 6.32. The van der Waals surface area contributed by atoms with Crippen LogP contribution in [0.3, 0.4) is 0 Å². The third kappa shape index (κ3) is 3.89. The highest BCUT2D eigenvalue weighted by Crippen LogP contribution is 2.26. The lowest BCUT2D eigenvalue weighted by Gasteiger charge is -2.29. The van der Waals surface area contributed by atoms with E-state index in [9.17, 15) is 4.79 Å². The second-order valence-electron chi connectivity index (χ2n) is 5.27. The minimum absolute atomic E-state index is 0.396. The van der Waals surface area contributed by atoms with Crippen molar-refractivity contribution in [1.82, 2.24) is 14.7 Å². The summed E-state index contributed by atoms with van der Waals surface area (Å²) >= 11 is 1.83. The summed E-state index contributed by atoms with van der Waals surface area (Å²) in [5, 5.41) is 13.2. The molecule has 0 radical (unpaired) electrons. The molecule has 1 aromatic rings. The molecule has 0 saturated carbocycles. The van der Waals surface area contributed by atoms with Crippen molar-refractivity contribution in [2.75, 3.05) is 18.8 Å². The third-order valence-electron chi connectivity index (χ3n) is 3.48. The number of rotatable bonds is 4. The molecule has 2 heterocycles. The zero-order chi connectivity index (χ0) is 13.8. The van der Waals surface area contributed by atoms with E-state index < -0.39 is 6.09 Å². The molecule has 2 rings (SSSR count). The maximum Gasteiger partial charge on any atom is 0.407 e. The molecule has 0 aliphatic carbocycles. The Hall–Kier alpha value is -1.17. The van der Waals surface area contributed by atoms with E-state index in [2.05, 4.69) is 25.1 Å². The standard InChI is InChI=1S/C13H21N3O2S/c1-10(2)16-8-12(7-14-16)19-9-11-3-5-15(6-4-11)13(17)18/h7-8,10-11H,3-6,9H2,1-2H3,(H,17,18). The molecule has 0 aromatic carbocycles. The Morgan fingerprint density at radius 2 is 2.21 bits per heavy atom. The number of aromatic nitrogens is 2. The molecule has 1 aliphatic rings. The van der Waals surface area contributed by atoms with Crippen molar-refractivity contribution >= 4 is 17.9 Å². The second-order valence-corrected chi connectivity index (χ2v) is 6.37. The number of piperidine rings is 1. The highest BCUT2D eigenvalue weighted by Gasteiger charge is 2.22. The van der Waals surface area contributed by atoms with Crippen LogP contribution < -0.4 is 0 Å². The van der Waals surface area contributed by atoms with E-state index in [4.69, 9.17) is 5.11 Å². The molecule has 19 heavy (non-hydrogen) atoms. The van der Waals surface area contributed by atoms with Gasteiger partial charge in [-0.1, -0.05) is 0 Å². The Morgan fingerprint density at radius 1 is 1.53 bits per heavy atom. The maximum absolute atomic E-state index is 10.8. The van der Waals surface area contributed by atoms with Crippen molar-refractivity contribution in [3.05, 3.63) is 12.4 Å². The Bertz CT molecular complexity index is 425. The molecule has 0 unspecified atom stereocenters. The van der Waals surface area contributed by atoms with Crippen LogP contribution in [0.25, 0.3) is 0 Å². The molecule has 1 amide bonds. The smallest absolute Gasteiger partial charge is 0.407 e. The van der Waals surface area contributed by atoms with Crippen molar-refractivity contribution < 1.29 is 9.90 Å². The molecule has 1 fully saturated rings. The molecule has 5 nitrogen and oxygen atoms in total. The van der Waals surface area contributed by atoms with Gasteiger partial charge in [0.05, 0.1) is 6.20 Å². The molecule has 1 saturated heterocycles. The Kier molecular flexibility index (Phi) is 4.74. The van der Waals surface area contributed by atoms with Crippen LogP contribution in [0.15, 0.2) is 17.3 Å². The van der Waals surface area contributed by atoms with Crippen LogP contribution in [0.1, 0.15) is 32.7 Å². The average Bonchev–Trinajstić information content (AvgIpc) is 2.86. The van der Waals surface area contributed by atoms with E-state index in [0.717, 1.165) is 18.6 Å². The Labute approximate surface area is 118 Å². The van der Waals surface area contributed by atoms with Crippen LogP contribution in [0, 0.1) is 5.92 Å². The van der Waals surface area contributed by atoms with Gasteiger partial charge in [-0.3, -0.25) is 4.68 Å². The first-order chi connectivity index (χ1) is 9.06. The summed E-state index contributed by atoms with van der Waals surface area (Å²) in [4.78, 5) is 13.5. The first-order valence-electron chi connectivity index (χ1n) is 6.71. The third-order valence-corrected chi connectivity index (χ3v) is 4.66. The zero-order valence-corrected chi connectivity index (χ0v) is 12.3. The number of hydrogen-bond donors (Lipinski definition) is 1. The number of amides is 1. The van der Waals surface area contributed by atoms with Crippen molar-refractivity contribution in [3.63, 3.8) is 0 Å². The van der Waals surface area contributed by atoms with Gasteiger partial charge in [0.1, 0.15) is 0 Å². The maximum atomic E-state index is 10.8. The molecule has 0 spiro atoms. The summed E-state index contributed by atoms with van der Waals surface area (Å²) in [5.41, 5.74) is 0. The number of likely N-dealkylation sites (tertiary alicyclic amines) is 1. The fourth-order valence-electron chi connectivity index (χ4n) is 2.18. The monoisotopic (exact) mass is 283 g/mol. The van der Waals surface area contributed by atoms with Crippen LogP contribution >= 0.6 is 11.8 Å².